The number of nitrogens with zero attached hydrogens (tertiary/aromatic N) is 1. The van der Waals surface area contributed by atoms with Gasteiger partial charge in [0.2, 0.25) is 0 Å². The summed E-state index contributed by atoms with van der Waals surface area (Å²) in [5, 5.41) is 10.6. The molecule has 0 saturated heterocycles. The molecule has 0 atom stereocenters. The van der Waals surface area contributed by atoms with Crippen molar-refractivity contribution in [3.63, 3.8) is 0 Å². The molecule has 0 aliphatic rings. The van der Waals surface area contributed by atoms with Crippen LogP contribution in [0.1, 0.15) is 29.1 Å². The Balaban J connectivity index is 3.01. The predicted molar refractivity (Wildman–Crippen MR) is 54.3 cm³/mol. The molecule has 1 heterocycles. The molecule has 1 aromatic rings. The fraction of sp³-hybridized carbons (Fsp3) is 0.400. The summed E-state index contributed by atoms with van der Waals surface area (Å²) in [6.07, 6.45) is 0. The number of carbonyl (C=O) groups excluding carboxylic acids is 1. The quantitative estimate of drug-likeness (QED) is 0.702. The van der Waals surface area contributed by atoms with E-state index in [1.165, 1.54) is 18.4 Å². The van der Waals surface area contributed by atoms with Gasteiger partial charge in [-0.2, -0.15) is 5.26 Å². The summed E-state index contributed by atoms with van der Waals surface area (Å²) in [6, 6.07) is 3.89. The Labute approximate surface area is 86.9 Å². The van der Waals surface area contributed by atoms with Crippen LogP contribution in [0.2, 0.25) is 0 Å². The standard InChI is InChI=1S/C10H11NO2S/c1-10(2,6-11)8-4-7(5-14-8)9(12)13-3/h4-5H,1-3H3. The van der Waals surface area contributed by atoms with Gasteiger partial charge < -0.3 is 4.74 Å². The Bertz CT molecular complexity index is 387. The molecule has 0 fully saturated rings. The zero-order chi connectivity index (χ0) is 10.8. The number of carbonyl (C=O) groups is 1. The highest BCUT2D eigenvalue weighted by Crippen LogP contribution is 2.28. The number of hydrogen-bond donors (Lipinski definition) is 0. The Morgan fingerprint density at radius 3 is 2.79 bits per heavy atom. The third-order valence-corrected chi connectivity index (χ3v) is 3.17. The van der Waals surface area contributed by atoms with E-state index < -0.39 is 5.41 Å². The van der Waals surface area contributed by atoms with Crippen LogP contribution in [-0.4, -0.2) is 13.1 Å². The molecule has 4 heteroatoms. The second kappa shape index (κ2) is 3.81. The van der Waals surface area contributed by atoms with Gasteiger partial charge in [-0.3, -0.25) is 0 Å². The lowest BCUT2D eigenvalue weighted by molar-refractivity contribution is 0.0601. The van der Waals surface area contributed by atoms with Crippen molar-refractivity contribution in [1.82, 2.24) is 0 Å². The normalized spacial score (nSPS) is 10.7. The monoisotopic (exact) mass is 209 g/mol. The van der Waals surface area contributed by atoms with Gasteiger partial charge in [-0.15, -0.1) is 11.3 Å². The first-order valence-electron chi connectivity index (χ1n) is 4.10. The van der Waals surface area contributed by atoms with Crippen molar-refractivity contribution in [3.05, 3.63) is 21.9 Å². The fourth-order valence-electron chi connectivity index (χ4n) is 0.944. The van der Waals surface area contributed by atoms with Crippen molar-refractivity contribution >= 4 is 17.3 Å². The number of thiophene rings is 1. The average molecular weight is 209 g/mol. The summed E-state index contributed by atoms with van der Waals surface area (Å²) in [5.41, 5.74) is -0.0347. The highest BCUT2D eigenvalue weighted by Gasteiger charge is 2.23. The Hall–Kier alpha value is -1.34. The molecule has 0 amide bonds. The fourth-order valence-corrected chi connectivity index (χ4v) is 1.90. The van der Waals surface area contributed by atoms with Crippen LogP contribution in [0.25, 0.3) is 0 Å². The van der Waals surface area contributed by atoms with E-state index in [2.05, 4.69) is 10.8 Å². The smallest absolute Gasteiger partial charge is 0.338 e. The van der Waals surface area contributed by atoms with E-state index in [0.717, 1.165) is 4.88 Å². The summed E-state index contributed by atoms with van der Waals surface area (Å²) in [6.45, 7) is 3.64. The van der Waals surface area contributed by atoms with E-state index in [1.807, 2.05) is 13.8 Å². The Morgan fingerprint density at radius 2 is 2.29 bits per heavy atom. The molecule has 0 aromatic carbocycles. The second-order valence-corrected chi connectivity index (χ2v) is 4.34. The van der Waals surface area contributed by atoms with Gasteiger partial charge in [0, 0.05) is 10.3 Å². The molecule has 0 radical (unpaired) electrons. The predicted octanol–water partition coefficient (Wildman–Crippen LogP) is 2.34. The van der Waals surface area contributed by atoms with Gasteiger partial charge in [0.15, 0.2) is 0 Å². The first-order chi connectivity index (χ1) is 6.51. The maximum absolute atomic E-state index is 11.1. The lowest BCUT2D eigenvalue weighted by Gasteiger charge is -2.11. The molecule has 0 saturated carbocycles. The van der Waals surface area contributed by atoms with Gasteiger partial charge in [-0.1, -0.05) is 0 Å². The molecule has 14 heavy (non-hydrogen) atoms. The average Bonchev–Trinajstić information content (AvgIpc) is 2.66. The topological polar surface area (TPSA) is 50.1 Å². The maximum atomic E-state index is 11.1. The van der Waals surface area contributed by atoms with Crippen molar-refractivity contribution < 1.29 is 9.53 Å². The van der Waals surface area contributed by atoms with Gasteiger partial charge in [0.05, 0.1) is 24.2 Å². The van der Waals surface area contributed by atoms with Crippen LogP contribution < -0.4 is 0 Å². The number of nitriles is 1. The first-order valence-corrected chi connectivity index (χ1v) is 4.98. The van der Waals surface area contributed by atoms with Crippen LogP contribution in [0, 0.1) is 11.3 Å². The minimum atomic E-state index is -0.545. The molecule has 74 valence electrons. The van der Waals surface area contributed by atoms with Crippen molar-refractivity contribution in [2.45, 2.75) is 19.3 Å². The number of ether oxygens (including phenoxy) is 1. The first kappa shape index (κ1) is 10.7. The minimum absolute atomic E-state index is 0.360. The lowest BCUT2D eigenvalue weighted by atomic mass is 9.93. The van der Waals surface area contributed by atoms with Gasteiger partial charge in [-0.05, 0) is 19.9 Å². The van der Waals surface area contributed by atoms with Gasteiger partial charge in [0.1, 0.15) is 0 Å². The molecule has 1 aromatic heterocycles. The zero-order valence-corrected chi connectivity index (χ0v) is 9.14. The van der Waals surface area contributed by atoms with Crippen LogP contribution in [0.4, 0.5) is 0 Å². The molecule has 0 aliphatic carbocycles. The van der Waals surface area contributed by atoms with E-state index in [-0.39, 0.29) is 5.97 Å². The number of rotatable bonds is 2. The molecule has 3 nitrogen and oxygen atoms in total. The second-order valence-electron chi connectivity index (χ2n) is 3.43. The maximum Gasteiger partial charge on any atom is 0.338 e. The SMILES string of the molecule is COC(=O)c1csc(C(C)(C)C#N)c1. The summed E-state index contributed by atoms with van der Waals surface area (Å²) in [5.74, 6) is -0.360. The molecular weight excluding hydrogens is 198 g/mol. The lowest BCUT2D eigenvalue weighted by Crippen LogP contribution is -2.11. The zero-order valence-electron chi connectivity index (χ0n) is 8.33. The van der Waals surface area contributed by atoms with E-state index in [1.54, 1.807) is 11.4 Å². The number of esters is 1. The van der Waals surface area contributed by atoms with E-state index >= 15 is 0 Å². The van der Waals surface area contributed by atoms with Crippen molar-refractivity contribution in [3.8, 4) is 6.07 Å². The molecule has 0 N–H and O–H groups in total. The summed E-state index contributed by atoms with van der Waals surface area (Å²) < 4.78 is 4.58. The van der Waals surface area contributed by atoms with Crippen molar-refractivity contribution in [1.29, 1.82) is 5.26 Å². The van der Waals surface area contributed by atoms with Crippen LogP contribution in [0.15, 0.2) is 11.4 Å². The summed E-state index contributed by atoms with van der Waals surface area (Å²) in [4.78, 5) is 12.0. The van der Waals surface area contributed by atoms with Crippen LogP contribution >= 0.6 is 11.3 Å². The summed E-state index contributed by atoms with van der Waals surface area (Å²) >= 11 is 1.40. The summed E-state index contributed by atoms with van der Waals surface area (Å²) in [7, 11) is 1.34. The minimum Gasteiger partial charge on any atom is -0.465 e. The largest absolute Gasteiger partial charge is 0.465 e. The number of hydrogen-bond acceptors (Lipinski definition) is 4. The molecular formula is C10H11NO2S. The van der Waals surface area contributed by atoms with Crippen molar-refractivity contribution in [2.24, 2.45) is 0 Å². The van der Waals surface area contributed by atoms with Gasteiger partial charge in [0.25, 0.3) is 0 Å². The van der Waals surface area contributed by atoms with Crippen LogP contribution in [0.3, 0.4) is 0 Å². The third kappa shape index (κ3) is 1.94. The molecule has 0 unspecified atom stereocenters. The third-order valence-electron chi connectivity index (χ3n) is 1.92. The van der Waals surface area contributed by atoms with E-state index in [4.69, 9.17) is 5.26 Å². The Kier molecular flexibility index (Phi) is 2.92. The van der Waals surface area contributed by atoms with Gasteiger partial charge >= 0.3 is 5.97 Å². The highest BCUT2D eigenvalue weighted by atomic mass is 32.1. The van der Waals surface area contributed by atoms with Crippen LogP contribution in [-0.2, 0) is 10.2 Å². The van der Waals surface area contributed by atoms with Crippen LogP contribution in [0.5, 0.6) is 0 Å². The van der Waals surface area contributed by atoms with E-state index in [9.17, 15) is 4.79 Å². The van der Waals surface area contributed by atoms with Crippen molar-refractivity contribution in [2.75, 3.05) is 7.11 Å². The van der Waals surface area contributed by atoms with Gasteiger partial charge in [-0.25, -0.2) is 4.79 Å². The highest BCUT2D eigenvalue weighted by molar-refractivity contribution is 7.10. The molecule has 0 bridgehead atoms. The van der Waals surface area contributed by atoms with E-state index in [0.29, 0.717) is 5.56 Å². The number of methoxy groups -OCH3 is 1. The molecule has 0 spiro atoms. The molecule has 0 aliphatic heterocycles. The molecule has 1 rings (SSSR count). The Morgan fingerprint density at radius 1 is 1.64 bits per heavy atom.